The van der Waals surface area contributed by atoms with Crippen molar-refractivity contribution >= 4 is 11.4 Å². The molecule has 0 saturated heterocycles. The molecular formula is C21H29N. The Morgan fingerprint density at radius 2 is 1.05 bits per heavy atom. The van der Waals surface area contributed by atoms with Crippen LogP contribution in [-0.2, 0) is 12.8 Å². The topological polar surface area (TPSA) is 12.0 Å². The second-order valence-electron chi connectivity index (χ2n) is 6.08. The summed E-state index contributed by atoms with van der Waals surface area (Å²) < 4.78 is 0. The van der Waals surface area contributed by atoms with Crippen molar-refractivity contribution in [3.8, 4) is 0 Å². The van der Waals surface area contributed by atoms with Crippen LogP contribution in [0, 0.1) is 0 Å². The molecule has 0 aliphatic carbocycles. The molecule has 1 heteroatoms. The van der Waals surface area contributed by atoms with Crippen LogP contribution in [0.1, 0.15) is 57.1 Å². The molecule has 0 atom stereocenters. The van der Waals surface area contributed by atoms with Gasteiger partial charge in [-0.3, -0.25) is 0 Å². The third-order valence-corrected chi connectivity index (χ3v) is 4.08. The Hall–Kier alpha value is -1.76. The third-order valence-electron chi connectivity index (χ3n) is 4.08. The number of benzene rings is 2. The first-order valence-electron chi connectivity index (χ1n) is 8.76. The van der Waals surface area contributed by atoms with Gasteiger partial charge >= 0.3 is 0 Å². The van der Waals surface area contributed by atoms with Gasteiger partial charge in [0.25, 0.3) is 0 Å². The molecule has 0 aromatic heterocycles. The fourth-order valence-electron chi connectivity index (χ4n) is 2.64. The van der Waals surface area contributed by atoms with Crippen molar-refractivity contribution in [3.63, 3.8) is 0 Å². The molecule has 0 bridgehead atoms. The second-order valence-corrected chi connectivity index (χ2v) is 6.08. The number of unbranched alkanes of at least 4 members (excludes halogenated alkanes) is 3. The molecule has 22 heavy (non-hydrogen) atoms. The summed E-state index contributed by atoms with van der Waals surface area (Å²) in [7, 11) is 0. The number of hydrogen-bond acceptors (Lipinski definition) is 1. The highest BCUT2D eigenvalue weighted by Crippen LogP contribution is 2.19. The molecule has 0 amide bonds. The standard InChI is InChI=1S/C21H29N/c1-3-5-7-9-19-12-16-21(17-13-19)22-20-14-10-18(11-15-20)8-6-4-2/h10-17,22H,3-9H2,1-2H3. The van der Waals surface area contributed by atoms with Gasteiger partial charge in [-0.05, 0) is 61.1 Å². The van der Waals surface area contributed by atoms with E-state index in [1.54, 1.807) is 0 Å². The highest BCUT2D eigenvalue weighted by molar-refractivity contribution is 5.60. The van der Waals surface area contributed by atoms with Crippen LogP contribution in [0.4, 0.5) is 11.4 Å². The Morgan fingerprint density at radius 1 is 0.591 bits per heavy atom. The van der Waals surface area contributed by atoms with E-state index in [4.69, 9.17) is 0 Å². The Kier molecular flexibility index (Phi) is 7.02. The van der Waals surface area contributed by atoms with Crippen LogP contribution in [0.25, 0.3) is 0 Å². The van der Waals surface area contributed by atoms with E-state index in [2.05, 4.69) is 67.7 Å². The maximum absolute atomic E-state index is 3.48. The zero-order valence-corrected chi connectivity index (χ0v) is 14.1. The van der Waals surface area contributed by atoms with Gasteiger partial charge in [-0.1, -0.05) is 57.4 Å². The lowest BCUT2D eigenvalue weighted by Crippen LogP contribution is -1.92. The van der Waals surface area contributed by atoms with E-state index in [0.717, 1.165) is 0 Å². The van der Waals surface area contributed by atoms with Crippen molar-refractivity contribution in [1.82, 2.24) is 0 Å². The van der Waals surface area contributed by atoms with E-state index in [1.807, 2.05) is 0 Å². The van der Waals surface area contributed by atoms with Crippen LogP contribution < -0.4 is 5.32 Å². The van der Waals surface area contributed by atoms with Crippen LogP contribution >= 0.6 is 0 Å². The Bertz CT molecular complexity index is 525. The summed E-state index contributed by atoms with van der Waals surface area (Å²) in [4.78, 5) is 0. The smallest absolute Gasteiger partial charge is 0.0384 e. The monoisotopic (exact) mass is 295 g/mol. The van der Waals surface area contributed by atoms with E-state index < -0.39 is 0 Å². The molecule has 2 aromatic rings. The lowest BCUT2D eigenvalue weighted by molar-refractivity contribution is 0.717. The highest BCUT2D eigenvalue weighted by Gasteiger charge is 1.98. The van der Waals surface area contributed by atoms with Crippen LogP contribution in [-0.4, -0.2) is 0 Å². The molecule has 0 saturated carbocycles. The average Bonchev–Trinajstić information content (AvgIpc) is 2.56. The van der Waals surface area contributed by atoms with Gasteiger partial charge in [-0.15, -0.1) is 0 Å². The summed E-state index contributed by atoms with van der Waals surface area (Å²) in [5, 5.41) is 3.48. The first-order chi connectivity index (χ1) is 10.8. The van der Waals surface area contributed by atoms with E-state index in [-0.39, 0.29) is 0 Å². The molecule has 0 aliphatic rings. The van der Waals surface area contributed by atoms with Gasteiger partial charge in [-0.2, -0.15) is 0 Å². The van der Waals surface area contributed by atoms with Crippen LogP contribution in [0.15, 0.2) is 48.5 Å². The lowest BCUT2D eigenvalue weighted by atomic mass is 10.1. The number of hydrogen-bond donors (Lipinski definition) is 1. The number of anilines is 2. The van der Waals surface area contributed by atoms with E-state index >= 15 is 0 Å². The van der Waals surface area contributed by atoms with E-state index in [9.17, 15) is 0 Å². The van der Waals surface area contributed by atoms with Crippen molar-refractivity contribution in [2.45, 2.75) is 58.8 Å². The van der Waals surface area contributed by atoms with Gasteiger partial charge < -0.3 is 5.32 Å². The SMILES string of the molecule is CCCCCc1ccc(Nc2ccc(CCCC)cc2)cc1. The maximum atomic E-state index is 3.48. The number of nitrogens with one attached hydrogen (secondary N) is 1. The molecule has 2 rings (SSSR count). The van der Waals surface area contributed by atoms with Crippen molar-refractivity contribution in [3.05, 3.63) is 59.7 Å². The Balaban J connectivity index is 1.87. The van der Waals surface area contributed by atoms with Crippen LogP contribution in [0.2, 0.25) is 0 Å². The van der Waals surface area contributed by atoms with E-state index in [0.29, 0.717) is 0 Å². The summed E-state index contributed by atoms with van der Waals surface area (Å²) in [6.07, 6.45) is 8.81. The van der Waals surface area contributed by atoms with Crippen molar-refractivity contribution in [2.24, 2.45) is 0 Å². The molecule has 0 heterocycles. The lowest BCUT2D eigenvalue weighted by Gasteiger charge is -2.09. The summed E-state index contributed by atoms with van der Waals surface area (Å²) in [6.45, 7) is 4.49. The molecule has 0 unspecified atom stereocenters. The third kappa shape index (κ3) is 5.55. The first kappa shape index (κ1) is 16.6. The maximum Gasteiger partial charge on any atom is 0.0384 e. The molecular weight excluding hydrogens is 266 g/mol. The van der Waals surface area contributed by atoms with Gasteiger partial charge in [0.1, 0.15) is 0 Å². The number of aryl methyl sites for hydroxylation is 2. The predicted octanol–water partition coefficient (Wildman–Crippen LogP) is 6.51. The molecule has 0 aliphatic heterocycles. The second kappa shape index (κ2) is 9.30. The number of rotatable bonds is 9. The van der Waals surface area contributed by atoms with Gasteiger partial charge in [0.05, 0.1) is 0 Å². The highest BCUT2D eigenvalue weighted by atomic mass is 14.9. The molecule has 118 valence electrons. The molecule has 1 N–H and O–H groups in total. The molecule has 0 radical (unpaired) electrons. The summed E-state index contributed by atoms with van der Waals surface area (Å²) in [5.41, 5.74) is 5.20. The van der Waals surface area contributed by atoms with Gasteiger partial charge in [0.2, 0.25) is 0 Å². The van der Waals surface area contributed by atoms with Crippen molar-refractivity contribution in [2.75, 3.05) is 5.32 Å². The minimum atomic E-state index is 1.17. The largest absolute Gasteiger partial charge is 0.356 e. The van der Waals surface area contributed by atoms with Gasteiger partial charge in [0, 0.05) is 11.4 Å². The van der Waals surface area contributed by atoms with E-state index in [1.165, 1.54) is 67.4 Å². The van der Waals surface area contributed by atoms with Crippen molar-refractivity contribution < 1.29 is 0 Å². The van der Waals surface area contributed by atoms with Crippen LogP contribution in [0.3, 0.4) is 0 Å². The predicted molar refractivity (Wildman–Crippen MR) is 98.0 cm³/mol. The minimum Gasteiger partial charge on any atom is -0.356 e. The quantitative estimate of drug-likeness (QED) is 0.520. The van der Waals surface area contributed by atoms with Crippen LogP contribution in [0.5, 0.6) is 0 Å². The molecule has 0 spiro atoms. The summed E-state index contributed by atoms with van der Waals surface area (Å²) in [5.74, 6) is 0. The normalized spacial score (nSPS) is 10.6. The average molecular weight is 295 g/mol. The zero-order valence-electron chi connectivity index (χ0n) is 14.1. The molecule has 2 aromatic carbocycles. The van der Waals surface area contributed by atoms with Gasteiger partial charge in [0.15, 0.2) is 0 Å². The summed E-state index contributed by atoms with van der Waals surface area (Å²) in [6, 6.07) is 17.7. The Labute approximate surface area is 135 Å². The van der Waals surface area contributed by atoms with Gasteiger partial charge in [-0.25, -0.2) is 0 Å². The van der Waals surface area contributed by atoms with Crippen molar-refractivity contribution in [1.29, 1.82) is 0 Å². The molecule has 1 nitrogen and oxygen atoms in total. The summed E-state index contributed by atoms with van der Waals surface area (Å²) >= 11 is 0. The fraction of sp³-hybridized carbons (Fsp3) is 0.429. The molecule has 0 fully saturated rings. The Morgan fingerprint density at radius 3 is 1.50 bits per heavy atom. The zero-order chi connectivity index (χ0) is 15.6. The first-order valence-corrected chi connectivity index (χ1v) is 8.76. The minimum absolute atomic E-state index is 1.17. The fourth-order valence-corrected chi connectivity index (χ4v) is 2.64.